The molecule has 1 amide bonds. The van der Waals surface area contributed by atoms with Gasteiger partial charge in [-0.3, -0.25) is 4.79 Å². The minimum atomic E-state index is 0.0338. The Morgan fingerprint density at radius 3 is 2.73 bits per heavy atom. The normalized spacial score (nSPS) is 16.0. The highest BCUT2D eigenvalue weighted by molar-refractivity contribution is 5.76. The summed E-state index contributed by atoms with van der Waals surface area (Å²) in [6.45, 7) is 2.33. The fraction of sp³-hybridized carbons (Fsp3) is 0.409. The van der Waals surface area contributed by atoms with E-state index in [0.717, 1.165) is 23.5 Å². The van der Waals surface area contributed by atoms with Gasteiger partial charge in [0, 0.05) is 6.42 Å². The zero-order chi connectivity index (χ0) is 17.9. The molecule has 2 aromatic carbocycles. The van der Waals surface area contributed by atoms with E-state index in [1.807, 2.05) is 18.2 Å². The summed E-state index contributed by atoms with van der Waals surface area (Å²) in [6.07, 6.45) is 6.07. The summed E-state index contributed by atoms with van der Waals surface area (Å²) in [4.78, 5) is 12.4. The second-order valence-electron chi connectivity index (χ2n) is 7.21. The summed E-state index contributed by atoms with van der Waals surface area (Å²) in [5.74, 6) is 1.62. The van der Waals surface area contributed by atoms with Crippen LogP contribution in [0.2, 0.25) is 0 Å². The van der Waals surface area contributed by atoms with E-state index in [4.69, 9.17) is 9.47 Å². The predicted octanol–water partition coefficient (Wildman–Crippen LogP) is 4.10. The highest BCUT2D eigenvalue weighted by Crippen LogP contribution is 2.32. The van der Waals surface area contributed by atoms with Gasteiger partial charge in [-0.15, -0.1) is 0 Å². The number of hydrogen-bond acceptors (Lipinski definition) is 3. The maximum atomic E-state index is 12.4. The van der Waals surface area contributed by atoms with Gasteiger partial charge in [0.15, 0.2) is 11.5 Å². The fourth-order valence-electron chi connectivity index (χ4n) is 3.77. The van der Waals surface area contributed by atoms with Gasteiger partial charge in [-0.05, 0) is 73.4 Å². The van der Waals surface area contributed by atoms with Crippen molar-refractivity contribution < 1.29 is 14.3 Å². The smallest absolute Gasteiger partial charge is 0.231 e. The molecular formula is C22H25NO3. The number of carbonyl (C=O) groups is 1. The summed E-state index contributed by atoms with van der Waals surface area (Å²) in [5.41, 5.74) is 5.21. The van der Waals surface area contributed by atoms with Gasteiger partial charge in [0.1, 0.15) is 0 Å². The Bertz CT molecular complexity index is 815. The molecule has 0 radical (unpaired) electrons. The zero-order valence-electron chi connectivity index (χ0n) is 15.2. The first-order chi connectivity index (χ1) is 12.7. The number of hydrogen-bond donors (Lipinski definition) is 1. The third-order valence-electron chi connectivity index (χ3n) is 5.33. The number of aryl methyl sites for hydroxylation is 3. The van der Waals surface area contributed by atoms with Gasteiger partial charge in [-0.2, -0.15) is 0 Å². The van der Waals surface area contributed by atoms with E-state index in [1.54, 1.807) is 0 Å². The van der Waals surface area contributed by atoms with Crippen LogP contribution in [0.1, 0.15) is 54.5 Å². The maximum absolute atomic E-state index is 12.4. The maximum Gasteiger partial charge on any atom is 0.231 e. The molecule has 26 heavy (non-hydrogen) atoms. The minimum Gasteiger partial charge on any atom is -0.454 e. The molecule has 0 fully saturated rings. The molecule has 4 rings (SSSR count). The van der Waals surface area contributed by atoms with Crippen molar-refractivity contribution in [1.82, 2.24) is 5.32 Å². The largest absolute Gasteiger partial charge is 0.454 e. The first-order valence-corrected chi connectivity index (χ1v) is 9.48. The van der Waals surface area contributed by atoms with Gasteiger partial charge in [-0.25, -0.2) is 0 Å². The van der Waals surface area contributed by atoms with Gasteiger partial charge < -0.3 is 14.8 Å². The van der Waals surface area contributed by atoms with Crippen LogP contribution in [0, 0.1) is 0 Å². The Hall–Kier alpha value is -2.49. The Balaban J connectivity index is 1.33. The lowest BCUT2D eigenvalue weighted by molar-refractivity contribution is -0.121. The Kier molecular flexibility index (Phi) is 4.83. The molecule has 4 nitrogen and oxygen atoms in total. The van der Waals surface area contributed by atoms with Crippen molar-refractivity contribution in [3.05, 3.63) is 58.7 Å². The van der Waals surface area contributed by atoms with Crippen molar-refractivity contribution in [3.8, 4) is 11.5 Å². The molecule has 0 aromatic heterocycles. The van der Waals surface area contributed by atoms with Crippen LogP contribution in [0.4, 0.5) is 0 Å². The Morgan fingerprint density at radius 1 is 1.04 bits per heavy atom. The SMILES string of the molecule is C[C@@H](NC(=O)CCc1ccc2c(c1)OCO2)c1ccc2c(c1)CCCC2. The summed E-state index contributed by atoms with van der Waals surface area (Å²) in [6, 6.07) is 12.6. The van der Waals surface area contributed by atoms with Crippen LogP contribution >= 0.6 is 0 Å². The van der Waals surface area contributed by atoms with Crippen LogP contribution in [-0.2, 0) is 24.1 Å². The standard InChI is InChI=1S/C22H25NO3/c1-15(18-9-8-17-4-2-3-5-19(17)13-18)23-22(24)11-7-16-6-10-20-21(12-16)26-14-25-20/h6,8-10,12-13,15H,2-5,7,11,14H2,1H3,(H,23,24)/t15-/m1/s1. The van der Waals surface area contributed by atoms with Gasteiger partial charge in [0.05, 0.1) is 6.04 Å². The molecule has 1 N–H and O–H groups in total. The van der Waals surface area contributed by atoms with E-state index >= 15 is 0 Å². The summed E-state index contributed by atoms with van der Waals surface area (Å²) >= 11 is 0. The van der Waals surface area contributed by atoms with E-state index in [-0.39, 0.29) is 18.7 Å². The van der Waals surface area contributed by atoms with E-state index < -0.39 is 0 Å². The van der Waals surface area contributed by atoms with Crippen LogP contribution < -0.4 is 14.8 Å². The van der Waals surface area contributed by atoms with Crippen LogP contribution in [0.3, 0.4) is 0 Å². The molecule has 1 heterocycles. The molecular weight excluding hydrogens is 326 g/mol. The molecule has 1 aliphatic carbocycles. The first-order valence-electron chi connectivity index (χ1n) is 9.48. The topological polar surface area (TPSA) is 47.6 Å². The molecule has 1 aliphatic heterocycles. The zero-order valence-corrected chi connectivity index (χ0v) is 15.2. The molecule has 0 saturated carbocycles. The molecule has 2 aromatic rings. The molecule has 4 heteroatoms. The number of carbonyl (C=O) groups excluding carboxylic acids is 1. The highest BCUT2D eigenvalue weighted by Gasteiger charge is 2.16. The molecule has 1 atom stereocenters. The van der Waals surface area contributed by atoms with Crippen molar-refractivity contribution in [3.63, 3.8) is 0 Å². The van der Waals surface area contributed by atoms with E-state index in [1.165, 1.54) is 36.0 Å². The van der Waals surface area contributed by atoms with E-state index in [9.17, 15) is 4.79 Å². The van der Waals surface area contributed by atoms with Crippen LogP contribution in [0.15, 0.2) is 36.4 Å². The second-order valence-corrected chi connectivity index (χ2v) is 7.21. The third kappa shape index (κ3) is 3.69. The number of ether oxygens (including phenoxy) is 2. The monoisotopic (exact) mass is 351 g/mol. The van der Waals surface area contributed by atoms with Crippen molar-refractivity contribution in [2.45, 2.75) is 51.5 Å². The predicted molar refractivity (Wildman–Crippen MR) is 101 cm³/mol. The Morgan fingerprint density at radius 2 is 1.85 bits per heavy atom. The molecule has 136 valence electrons. The number of amides is 1. The van der Waals surface area contributed by atoms with Crippen LogP contribution in [0.25, 0.3) is 0 Å². The highest BCUT2D eigenvalue weighted by atomic mass is 16.7. The lowest BCUT2D eigenvalue weighted by atomic mass is 9.89. The summed E-state index contributed by atoms with van der Waals surface area (Å²) in [5, 5.41) is 3.13. The van der Waals surface area contributed by atoms with E-state index in [0.29, 0.717) is 12.8 Å². The molecule has 0 bridgehead atoms. The first kappa shape index (κ1) is 17.0. The van der Waals surface area contributed by atoms with Crippen LogP contribution in [0.5, 0.6) is 11.5 Å². The number of nitrogens with one attached hydrogen (secondary N) is 1. The number of benzene rings is 2. The van der Waals surface area contributed by atoms with Crippen molar-refractivity contribution >= 4 is 5.91 Å². The molecule has 0 spiro atoms. The lowest BCUT2D eigenvalue weighted by Crippen LogP contribution is -2.27. The van der Waals surface area contributed by atoms with Gasteiger partial charge >= 0.3 is 0 Å². The van der Waals surface area contributed by atoms with Gasteiger partial charge in [-0.1, -0.05) is 24.3 Å². The third-order valence-corrected chi connectivity index (χ3v) is 5.33. The van der Waals surface area contributed by atoms with Gasteiger partial charge in [0.25, 0.3) is 0 Å². The number of rotatable bonds is 5. The summed E-state index contributed by atoms with van der Waals surface area (Å²) < 4.78 is 10.7. The van der Waals surface area contributed by atoms with E-state index in [2.05, 4.69) is 30.4 Å². The second kappa shape index (κ2) is 7.40. The lowest BCUT2D eigenvalue weighted by Gasteiger charge is -2.20. The van der Waals surface area contributed by atoms with Crippen molar-refractivity contribution in [1.29, 1.82) is 0 Å². The average molecular weight is 351 g/mol. The van der Waals surface area contributed by atoms with Crippen molar-refractivity contribution in [2.24, 2.45) is 0 Å². The molecule has 0 unspecified atom stereocenters. The quantitative estimate of drug-likeness (QED) is 0.882. The summed E-state index contributed by atoms with van der Waals surface area (Å²) in [7, 11) is 0. The van der Waals surface area contributed by atoms with Crippen LogP contribution in [-0.4, -0.2) is 12.7 Å². The van der Waals surface area contributed by atoms with Crippen molar-refractivity contribution in [2.75, 3.05) is 6.79 Å². The fourth-order valence-corrected chi connectivity index (χ4v) is 3.77. The minimum absolute atomic E-state index is 0.0338. The average Bonchev–Trinajstić information content (AvgIpc) is 3.13. The number of fused-ring (bicyclic) bond motifs is 2. The molecule has 0 saturated heterocycles. The molecule has 2 aliphatic rings. The Labute approximate surface area is 154 Å². The van der Waals surface area contributed by atoms with Gasteiger partial charge in [0.2, 0.25) is 12.7 Å².